The average Bonchev–Trinajstić information content (AvgIpc) is 2.44. The van der Waals surface area contributed by atoms with Gasteiger partial charge >= 0.3 is 0 Å². The molecule has 1 aromatic heterocycles. The van der Waals surface area contributed by atoms with Gasteiger partial charge in [-0.1, -0.05) is 24.6 Å². The maximum Gasteiger partial charge on any atom is 0.276 e. The van der Waals surface area contributed by atoms with Crippen molar-refractivity contribution in [2.75, 3.05) is 26.9 Å². The summed E-state index contributed by atoms with van der Waals surface area (Å²) in [6, 6.07) is 3.55. The fourth-order valence-electron chi connectivity index (χ4n) is 2.21. The summed E-state index contributed by atoms with van der Waals surface area (Å²) in [5, 5.41) is 14.0. The highest BCUT2D eigenvalue weighted by Crippen LogP contribution is 2.14. The smallest absolute Gasteiger partial charge is 0.276 e. The maximum absolute atomic E-state index is 10.7. The number of halogens is 1. The molecule has 1 aromatic rings. The zero-order valence-electron chi connectivity index (χ0n) is 11.9. The summed E-state index contributed by atoms with van der Waals surface area (Å²) >= 11 is 5.77. The zero-order valence-corrected chi connectivity index (χ0v) is 12.7. The van der Waals surface area contributed by atoms with Crippen LogP contribution in [-0.4, -0.2) is 57.6 Å². The first-order chi connectivity index (χ1) is 9.99. The van der Waals surface area contributed by atoms with Crippen molar-refractivity contribution >= 4 is 17.6 Å². The van der Waals surface area contributed by atoms with E-state index >= 15 is 0 Å². The van der Waals surface area contributed by atoms with Gasteiger partial charge in [0, 0.05) is 19.8 Å². The number of nitro groups is 1. The van der Waals surface area contributed by atoms with E-state index in [-0.39, 0.29) is 0 Å². The summed E-state index contributed by atoms with van der Waals surface area (Å²) in [5.41, 5.74) is 0.918. The molecular weight excluding hydrogens is 296 g/mol. The zero-order chi connectivity index (χ0) is 15.4. The standard InChI is InChI=1S/C12H17ClN6O2/c1-3-17-8-16(2)12(15-19(20)21)18(9-17)7-10-4-5-11(13)14-6-10/h4-6H,3,7-9H2,1-2H3/b15-12-. The van der Waals surface area contributed by atoms with Crippen LogP contribution in [0.2, 0.25) is 5.15 Å². The SMILES string of the molecule is CCN1CN(C)/C(=N/[N+](=O)[O-])N(Cc2ccc(Cl)nc2)C1. The van der Waals surface area contributed by atoms with Crippen molar-refractivity contribution in [3.63, 3.8) is 0 Å². The van der Waals surface area contributed by atoms with Crippen LogP contribution in [0.1, 0.15) is 12.5 Å². The van der Waals surface area contributed by atoms with Crippen LogP contribution >= 0.6 is 11.6 Å². The third-order valence-electron chi connectivity index (χ3n) is 3.19. The lowest BCUT2D eigenvalue weighted by atomic mass is 10.2. The topological polar surface area (TPSA) is 78.1 Å². The highest BCUT2D eigenvalue weighted by Gasteiger charge is 2.28. The van der Waals surface area contributed by atoms with Gasteiger partial charge < -0.3 is 9.80 Å². The monoisotopic (exact) mass is 312 g/mol. The molecule has 0 spiro atoms. The molecule has 0 amide bonds. The summed E-state index contributed by atoms with van der Waals surface area (Å²) in [6.45, 7) is 4.57. The Morgan fingerprint density at radius 2 is 2.24 bits per heavy atom. The van der Waals surface area contributed by atoms with E-state index in [9.17, 15) is 10.1 Å². The Balaban J connectivity index is 2.21. The van der Waals surface area contributed by atoms with Gasteiger partial charge in [-0.05, 0) is 18.2 Å². The second kappa shape index (κ2) is 6.68. The number of guanidine groups is 1. The molecule has 1 saturated heterocycles. The molecule has 0 bridgehead atoms. The fourth-order valence-corrected chi connectivity index (χ4v) is 2.32. The molecule has 9 heteroatoms. The number of pyridine rings is 1. The first kappa shape index (κ1) is 15.5. The van der Waals surface area contributed by atoms with E-state index in [1.165, 1.54) is 0 Å². The normalized spacial score (nSPS) is 18.3. The second-order valence-corrected chi connectivity index (χ2v) is 5.18. The van der Waals surface area contributed by atoms with E-state index in [0.717, 1.165) is 12.1 Å². The number of hydrazone groups is 1. The Morgan fingerprint density at radius 3 is 2.81 bits per heavy atom. The minimum Gasteiger partial charge on any atom is -0.328 e. The lowest BCUT2D eigenvalue weighted by Crippen LogP contribution is -2.57. The van der Waals surface area contributed by atoms with Gasteiger partial charge in [0.15, 0.2) is 5.03 Å². The van der Waals surface area contributed by atoms with Gasteiger partial charge in [0.2, 0.25) is 0 Å². The van der Waals surface area contributed by atoms with E-state index in [0.29, 0.717) is 31.0 Å². The first-order valence-corrected chi connectivity index (χ1v) is 6.89. The molecule has 0 aromatic carbocycles. The number of aromatic nitrogens is 1. The molecule has 0 atom stereocenters. The molecule has 0 N–H and O–H groups in total. The molecule has 21 heavy (non-hydrogen) atoms. The Kier molecular flexibility index (Phi) is 4.92. The van der Waals surface area contributed by atoms with Gasteiger partial charge in [-0.2, -0.15) is 0 Å². The Bertz CT molecular complexity index is 535. The van der Waals surface area contributed by atoms with E-state index in [1.807, 2.05) is 17.9 Å². The van der Waals surface area contributed by atoms with Crippen molar-refractivity contribution in [1.29, 1.82) is 0 Å². The maximum atomic E-state index is 10.7. The van der Waals surface area contributed by atoms with Crippen molar-refractivity contribution in [3.05, 3.63) is 39.2 Å². The minimum absolute atomic E-state index is 0.347. The van der Waals surface area contributed by atoms with Crippen molar-refractivity contribution in [2.24, 2.45) is 5.10 Å². The fraction of sp³-hybridized carbons (Fsp3) is 0.500. The van der Waals surface area contributed by atoms with Crippen LogP contribution in [0.15, 0.2) is 23.4 Å². The number of nitrogens with zero attached hydrogens (tertiary/aromatic N) is 6. The summed E-state index contributed by atoms with van der Waals surface area (Å²) < 4.78 is 0. The van der Waals surface area contributed by atoms with Crippen LogP contribution in [-0.2, 0) is 6.54 Å². The lowest BCUT2D eigenvalue weighted by Gasteiger charge is -2.41. The quantitative estimate of drug-likeness (QED) is 0.473. The molecule has 114 valence electrons. The van der Waals surface area contributed by atoms with E-state index in [2.05, 4.69) is 15.0 Å². The highest BCUT2D eigenvalue weighted by atomic mass is 35.5. The van der Waals surface area contributed by atoms with Crippen molar-refractivity contribution < 1.29 is 5.03 Å². The summed E-state index contributed by atoms with van der Waals surface area (Å²) in [6.07, 6.45) is 1.66. The minimum atomic E-state index is -0.666. The summed E-state index contributed by atoms with van der Waals surface area (Å²) in [4.78, 5) is 20.5. The van der Waals surface area contributed by atoms with Gasteiger partial charge in [0.1, 0.15) is 10.3 Å². The molecule has 0 saturated carbocycles. The molecule has 1 fully saturated rings. The molecule has 2 heterocycles. The predicted octanol–water partition coefficient (Wildman–Crippen LogP) is 1.27. The number of hydrogen-bond acceptors (Lipinski definition) is 4. The average molecular weight is 313 g/mol. The molecule has 1 aliphatic rings. The third-order valence-corrected chi connectivity index (χ3v) is 3.41. The van der Waals surface area contributed by atoms with Crippen LogP contribution in [0.3, 0.4) is 0 Å². The molecule has 0 radical (unpaired) electrons. The van der Waals surface area contributed by atoms with Crippen LogP contribution in [0.5, 0.6) is 0 Å². The van der Waals surface area contributed by atoms with Crippen molar-refractivity contribution in [2.45, 2.75) is 13.5 Å². The molecule has 0 aliphatic carbocycles. The highest BCUT2D eigenvalue weighted by molar-refractivity contribution is 6.29. The Labute approximate surface area is 127 Å². The van der Waals surface area contributed by atoms with E-state index < -0.39 is 5.03 Å². The van der Waals surface area contributed by atoms with Crippen LogP contribution < -0.4 is 0 Å². The molecule has 0 unspecified atom stereocenters. The van der Waals surface area contributed by atoms with Crippen LogP contribution in [0, 0.1) is 10.1 Å². The Morgan fingerprint density at radius 1 is 1.48 bits per heavy atom. The van der Waals surface area contributed by atoms with Gasteiger partial charge in [-0.15, -0.1) is 0 Å². The number of hydrogen-bond donors (Lipinski definition) is 0. The van der Waals surface area contributed by atoms with Gasteiger partial charge in [0.25, 0.3) is 5.96 Å². The molecule has 1 aliphatic heterocycles. The second-order valence-electron chi connectivity index (χ2n) is 4.79. The van der Waals surface area contributed by atoms with E-state index in [1.54, 1.807) is 24.2 Å². The van der Waals surface area contributed by atoms with Crippen molar-refractivity contribution in [1.82, 2.24) is 19.7 Å². The molecule has 2 rings (SSSR count). The summed E-state index contributed by atoms with van der Waals surface area (Å²) in [7, 11) is 1.79. The predicted molar refractivity (Wildman–Crippen MR) is 79.1 cm³/mol. The summed E-state index contributed by atoms with van der Waals surface area (Å²) in [5.74, 6) is 0.347. The third kappa shape index (κ3) is 4.02. The van der Waals surface area contributed by atoms with E-state index in [4.69, 9.17) is 11.6 Å². The van der Waals surface area contributed by atoms with Crippen molar-refractivity contribution in [3.8, 4) is 0 Å². The van der Waals surface area contributed by atoms with Gasteiger partial charge in [-0.25, -0.2) is 15.1 Å². The lowest BCUT2D eigenvalue weighted by molar-refractivity contribution is -0.486. The van der Waals surface area contributed by atoms with Crippen LogP contribution in [0.25, 0.3) is 0 Å². The molecule has 8 nitrogen and oxygen atoms in total. The first-order valence-electron chi connectivity index (χ1n) is 6.51. The largest absolute Gasteiger partial charge is 0.328 e. The van der Waals surface area contributed by atoms with Gasteiger partial charge in [-0.3, -0.25) is 4.90 Å². The van der Waals surface area contributed by atoms with Gasteiger partial charge in [0.05, 0.1) is 13.3 Å². The van der Waals surface area contributed by atoms with Crippen LogP contribution in [0.4, 0.5) is 0 Å². The Hall–Kier alpha value is -1.93. The molecular formula is C12H17ClN6O2. The number of rotatable bonds is 4.